The fourth-order valence-electron chi connectivity index (χ4n) is 3.89. The summed E-state index contributed by atoms with van der Waals surface area (Å²) in [6.45, 7) is 2.63. The maximum absolute atomic E-state index is 12.4. The summed E-state index contributed by atoms with van der Waals surface area (Å²) in [6.07, 6.45) is 1.79. The van der Waals surface area contributed by atoms with Crippen molar-refractivity contribution in [2.45, 2.75) is 31.5 Å². The lowest BCUT2D eigenvalue weighted by molar-refractivity contribution is 0.157. The van der Waals surface area contributed by atoms with Crippen molar-refractivity contribution < 1.29 is 9.90 Å². The number of nitrogens with zero attached hydrogens (tertiary/aromatic N) is 4. The van der Waals surface area contributed by atoms with E-state index in [4.69, 9.17) is 5.11 Å². The molecule has 4 rings (SSSR count). The first-order chi connectivity index (χ1) is 12.0. The minimum atomic E-state index is -0.991. The van der Waals surface area contributed by atoms with Gasteiger partial charge in [-0.2, -0.15) is 0 Å². The van der Waals surface area contributed by atoms with Crippen LogP contribution >= 0.6 is 0 Å². The molecule has 1 saturated heterocycles. The molecule has 0 radical (unpaired) electrons. The molecule has 0 bridgehead atoms. The molecule has 25 heavy (non-hydrogen) atoms. The van der Waals surface area contributed by atoms with Gasteiger partial charge in [0.2, 0.25) is 0 Å². The van der Waals surface area contributed by atoms with Crippen LogP contribution in [0.2, 0.25) is 0 Å². The lowest BCUT2D eigenvalue weighted by Gasteiger charge is -2.33. The molecule has 4 heterocycles. The Bertz CT molecular complexity index is 936. The monoisotopic (exact) mass is 345 g/mol. The summed E-state index contributed by atoms with van der Waals surface area (Å²) < 4.78 is 3.29. The Balaban J connectivity index is 1.54. The molecule has 2 aliphatic rings. The molecule has 9 heteroatoms. The summed E-state index contributed by atoms with van der Waals surface area (Å²) in [4.78, 5) is 41.5. The minimum absolute atomic E-state index is 0.0208. The number of likely N-dealkylation sites (tertiary alicyclic amines) is 1. The van der Waals surface area contributed by atoms with Crippen molar-refractivity contribution in [3.8, 4) is 0 Å². The Morgan fingerprint density at radius 1 is 1.24 bits per heavy atom. The van der Waals surface area contributed by atoms with Crippen LogP contribution in [-0.2, 0) is 6.54 Å². The summed E-state index contributed by atoms with van der Waals surface area (Å²) in [5.41, 5.74) is 0.913. The van der Waals surface area contributed by atoms with Crippen molar-refractivity contribution in [3.63, 3.8) is 0 Å². The Kier molecular flexibility index (Phi) is 3.79. The molecule has 0 aliphatic carbocycles. The Labute approximate surface area is 142 Å². The highest BCUT2D eigenvalue weighted by molar-refractivity contribution is 5.71. The number of piperidine rings is 1. The molecule has 0 saturated carbocycles. The molecule has 1 amide bonds. The van der Waals surface area contributed by atoms with Crippen LogP contribution in [0, 0.1) is 0 Å². The minimum Gasteiger partial charge on any atom is -0.465 e. The van der Waals surface area contributed by atoms with Crippen molar-refractivity contribution in [2.24, 2.45) is 0 Å². The number of pyridine rings is 1. The molecular formula is C16H19N5O4. The zero-order valence-corrected chi connectivity index (χ0v) is 13.6. The van der Waals surface area contributed by atoms with Crippen LogP contribution in [0.4, 0.5) is 4.79 Å². The number of amides is 1. The predicted molar refractivity (Wildman–Crippen MR) is 89.9 cm³/mol. The molecule has 1 fully saturated rings. The van der Waals surface area contributed by atoms with E-state index in [1.807, 2.05) is 0 Å². The number of hydrogen-bond acceptors (Lipinski definition) is 5. The summed E-state index contributed by atoms with van der Waals surface area (Å²) >= 11 is 0. The molecule has 2 aliphatic heterocycles. The molecule has 1 atom stereocenters. The van der Waals surface area contributed by atoms with E-state index < -0.39 is 6.09 Å². The fourth-order valence-corrected chi connectivity index (χ4v) is 3.89. The van der Waals surface area contributed by atoms with Gasteiger partial charge in [0.25, 0.3) is 11.1 Å². The van der Waals surface area contributed by atoms with Gasteiger partial charge in [0, 0.05) is 38.3 Å². The largest absolute Gasteiger partial charge is 0.465 e. The molecule has 0 unspecified atom stereocenters. The standard InChI is InChI=1S/C16H19N5O4/c22-13-2-1-12-15-20(14(23)7-17-12)9-11(21(13)15)8-19-5-3-10(4-6-19)18-16(24)25/h1-2,7,10-11,18H,3-6,8-9H2,(H,24,25)/t11-/m1/s1. The van der Waals surface area contributed by atoms with E-state index in [-0.39, 0.29) is 23.2 Å². The predicted octanol–water partition coefficient (Wildman–Crippen LogP) is -0.155. The summed E-state index contributed by atoms with van der Waals surface area (Å²) in [6, 6.07) is 3.01. The number of carbonyl (C=O) groups is 1. The first kappa shape index (κ1) is 15.8. The third kappa shape index (κ3) is 2.80. The first-order valence-electron chi connectivity index (χ1n) is 8.36. The van der Waals surface area contributed by atoms with Gasteiger partial charge in [0.05, 0.1) is 12.2 Å². The van der Waals surface area contributed by atoms with Crippen LogP contribution < -0.4 is 16.4 Å². The van der Waals surface area contributed by atoms with Gasteiger partial charge in [-0.25, -0.2) is 9.78 Å². The Hall–Kier alpha value is -2.68. The molecule has 0 spiro atoms. The summed E-state index contributed by atoms with van der Waals surface area (Å²) in [5, 5.41) is 11.3. The summed E-state index contributed by atoms with van der Waals surface area (Å²) in [5.74, 6) is 0. The van der Waals surface area contributed by atoms with E-state index in [2.05, 4.69) is 15.2 Å². The highest BCUT2D eigenvalue weighted by Gasteiger charge is 2.29. The van der Waals surface area contributed by atoms with Gasteiger partial charge in [-0.15, -0.1) is 0 Å². The molecule has 9 nitrogen and oxygen atoms in total. The van der Waals surface area contributed by atoms with Crippen molar-refractivity contribution in [2.75, 3.05) is 19.6 Å². The normalized spacial score (nSPS) is 20.9. The number of carboxylic acid groups (broad SMARTS) is 1. The zero-order chi connectivity index (χ0) is 17.6. The third-order valence-corrected chi connectivity index (χ3v) is 5.06. The van der Waals surface area contributed by atoms with Crippen LogP contribution in [0.15, 0.2) is 27.9 Å². The lowest BCUT2D eigenvalue weighted by Crippen LogP contribution is -2.46. The quantitative estimate of drug-likeness (QED) is 0.800. The highest BCUT2D eigenvalue weighted by atomic mass is 16.4. The third-order valence-electron chi connectivity index (χ3n) is 5.06. The molecule has 132 valence electrons. The molecular weight excluding hydrogens is 326 g/mol. The average molecular weight is 345 g/mol. The number of hydrogen-bond donors (Lipinski definition) is 2. The van der Waals surface area contributed by atoms with Crippen molar-refractivity contribution >= 4 is 17.3 Å². The maximum atomic E-state index is 12.4. The average Bonchev–Trinajstić information content (AvgIpc) is 2.96. The van der Waals surface area contributed by atoms with Gasteiger partial charge in [0.15, 0.2) is 0 Å². The fraction of sp³-hybridized carbons (Fsp3) is 0.500. The number of aromatic nitrogens is 3. The number of rotatable bonds is 3. The molecule has 2 N–H and O–H groups in total. The highest BCUT2D eigenvalue weighted by Crippen LogP contribution is 2.24. The van der Waals surface area contributed by atoms with Crippen molar-refractivity contribution in [1.82, 2.24) is 24.3 Å². The second kappa shape index (κ2) is 5.99. The SMILES string of the molecule is O=C(O)NC1CCN(C[C@@H]2Cn3c(=O)cnc4ccc(=O)n2c43)CC1. The number of nitrogens with one attached hydrogen (secondary N) is 1. The second-order valence-electron chi connectivity index (χ2n) is 6.64. The van der Waals surface area contributed by atoms with E-state index in [1.54, 1.807) is 15.2 Å². The summed E-state index contributed by atoms with van der Waals surface area (Å²) in [7, 11) is 0. The first-order valence-corrected chi connectivity index (χ1v) is 8.36. The molecule has 2 aromatic rings. The van der Waals surface area contributed by atoms with Gasteiger partial charge in [0.1, 0.15) is 11.2 Å². The van der Waals surface area contributed by atoms with Crippen molar-refractivity contribution in [1.29, 1.82) is 0 Å². The Morgan fingerprint density at radius 3 is 2.72 bits per heavy atom. The smallest absolute Gasteiger partial charge is 0.404 e. The Morgan fingerprint density at radius 2 is 2.00 bits per heavy atom. The van der Waals surface area contributed by atoms with Gasteiger partial charge in [-0.3, -0.25) is 18.7 Å². The van der Waals surface area contributed by atoms with E-state index in [1.165, 1.54) is 12.3 Å². The maximum Gasteiger partial charge on any atom is 0.404 e. The van der Waals surface area contributed by atoms with Crippen LogP contribution in [0.3, 0.4) is 0 Å². The van der Waals surface area contributed by atoms with Crippen LogP contribution in [0.1, 0.15) is 18.9 Å². The van der Waals surface area contributed by atoms with E-state index in [0.29, 0.717) is 24.3 Å². The van der Waals surface area contributed by atoms with Crippen LogP contribution in [-0.4, -0.2) is 55.9 Å². The van der Waals surface area contributed by atoms with Crippen LogP contribution in [0.5, 0.6) is 0 Å². The van der Waals surface area contributed by atoms with E-state index >= 15 is 0 Å². The second-order valence-corrected chi connectivity index (χ2v) is 6.64. The van der Waals surface area contributed by atoms with Gasteiger partial charge >= 0.3 is 6.09 Å². The van der Waals surface area contributed by atoms with E-state index in [9.17, 15) is 14.4 Å². The lowest BCUT2D eigenvalue weighted by atomic mass is 10.0. The topological polar surface area (TPSA) is 109 Å². The van der Waals surface area contributed by atoms with Crippen molar-refractivity contribution in [3.05, 3.63) is 39.0 Å². The molecule has 2 aromatic heterocycles. The van der Waals surface area contributed by atoms with Crippen LogP contribution in [0.25, 0.3) is 11.2 Å². The van der Waals surface area contributed by atoms with Gasteiger partial charge in [-0.05, 0) is 18.9 Å². The molecule has 0 aromatic carbocycles. The zero-order valence-electron chi connectivity index (χ0n) is 13.6. The van der Waals surface area contributed by atoms with E-state index in [0.717, 1.165) is 25.9 Å². The van der Waals surface area contributed by atoms with Gasteiger partial charge in [-0.1, -0.05) is 0 Å². The van der Waals surface area contributed by atoms with Gasteiger partial charge < -0.3 is 15.3 Å².